The van der Waals surface area contributed by atoms with Gasteiger partial charge in [-0.05, 0) is 88.8 Å². The van der Waals surface area contributed by atoms with Crippen LogP contribution in [0, 0.1) is 0 Å². The lowest BCUT2D eigenvalue weighted by Gasteiger charge is -2.39. The van der Waals surface area contributed by atoms with Gasteiger partial charge >= 0.3 is 0 Å². The van der Waals surface area contributed by atoms with E-state index in [1.807, 2.05) is 36.4 Å². The van der Waals surface area contributed by atoms with Crippen molar-refractivity contribution in [2.75, 3.05) is 32.8 Å². The average Bonchev–Trinajstić information content (AvgIpc) is 3.40. The molecule has 2 fully saturated rings. The first-order valence-corrected chi connectivity index (χ1v) is 15.6. The fourth-order valence-corrected chi connectivity index (χ4v) is 6.97. The number of hydrogen-bond donors (Lipinski definition) is 4. The monoisotopic (exact) mass is 597 g/mol. The molecule has 6 atom stereocenters. The van der Waals surface area contributed by atoms with E-state index in [0.717, 1.165) is 47.6 Å². The number of ether oxygens (including phenoxy) is 3. The van der Waals surface area contributed by atoms with E-state index in [-0.39, 0.29) is 5.92 Å². The number of aliphatic hydroxyl groups excluding tert-OH is 4. The van der Waals surface area contributed by atoms with Crippen LogP contribution >= 0.6 is 0 Å². The van der Waals surface area contributed by atoms with Crippen molar-refractivity contribution >= 4 is 10.8 Å². The van der Waals surface area contributed by atoms with Gasteiger partial charge in [0.15, 0.2) is 0 Å². The predicted octanol–water partition coefficient (Wildman–Crippen LogP) is 4.04. The third-order valence-corrected chi connectivity index (χ3v) is 9.32. The molecule has 7 rings (SSSR count). The molecule has 3 aliphatic rings. The van der Waals surface area contributed by atoms with Gasteiger partial charge in [-0.25, -0.2) is 0 Å². The summed E-state index contributed by atoms with van der Waals surface area (Å²) in [6.45, 7) is 3.39. The van der Waals surface area contributed by atoms with Crippen LogP contribution in [0.25, 0.3) is 21.9 Å². The van der Waals surface area contributed by atoms with Crippen molar-refractivity contribution in [2.24, 2.45) is 0 Å². The highest BCUT2D eigenvalue weighted by Gasteiger charge is 2.45. The molecule has 2 aliphatic heterocycles. The third kappa shape index (κ3) is 5.47. The van der Waals surface area contributed by atoms with Crippen LogP contribution in [0.3, 0.4) is 0 Å². The quantitative estimate of drug-likeness (QED) is 0.212. The molecule has 2 saturated heterocycles. The molecule has 0 amide bonds. The van der Waals surface area contributed by atoms with E-state index in [1.165, 1.54) is 35.6 Å². The fourth-order valence-electron chi connectivity index (χ4n) is 6.97. The number of hydrogen-bond acceptors (Lipinski definition) is 8. The zero-order valence-electron chi connectivity index (χ0n) is 24.6. The Bertz CT molecular complexity index is 1600. The van der Waals surface area contributed by atoms with Gasteiger partial charge in [0.25, 0.3) is 0 Å². The highest BCUT2D eigenvalue weighted by molar-refractivity contribution is 5.97. The van der Waals surface area contributed by atoms with Crippen LogP contribution in [0.1, 0.15) is 41.9 Å². The Hall–Kier alpha value is -3.50. The van der Waals surface area contributed by atoms with Crippen molar-refractivity contribution in [3.63, 3.8) is 0 Å². The predicted molar refractivity (Wildman–Crippen MR) is 167 cm³/mol. The minimum atomic E-state index is -1.51. The Morgan fingerprint density at radius 3 is 2.32 bits per heavy atom. The zero-order valence-corrected chi connectivity index (χ0v) is 24.6. The maximum atomic E-state index is 10.6. The first kappa shape index (κ1) is 29.2. The Morgan fingerprint density at radius 2 is 1.52 bits per heavy atom. The molecular weight excluding hydrogens is 558 g/mol. The highest BCUT2D eigenvalue weighted by atomic mass is 16.7. The lowest BCUT2D eigenvalue weighted by molar-refractivity contribution is -0.277. The van der Waals surface area contributed by atoms with E-state index in [9.17, 15) is 20.4 Å². The Balaban J connectivity index is 1.19. The Labute approximate surface area is 257 Å². The minimum Gasteiger partial charge on any atom is -0.492 e. The molecule has 230 valence electrons. The van der Waals surface area contributed by atoms with Crippen LogP contribution < -0.4 is 9.47 Å². The fraction of sp³-hybridized carbons (Fsp3) is 0.389. The van der Waals surface area contributed by atoms with Gasteiger partial charge in [-0.1, -0.05) is 61.0 Å². The maximum absolute atomic E-state index is 10.6. The van der Waals surface area contributed by atoms with Crippen LogP contribution in [-0.2, 0) is 4.74 Å². The molecule has 4 N–H and O–H groups in total. The summed E-state index contributed by atoms with van der Waals surface area (Å²) in [7, 11) is 0. The Kier molecular flexibility index (Phi) is 8.29. The topological polar surface area (TPSA) is 112 Å². The number of likely N-dealkylation sites (tertiary alicyclic amines) is 1. The van der Waals surface area contributed by atoms with Crippen molar-refractivity contribution in [3.8, 4) is 22.6 Å². The van der Waals surface area contributed by atoms with E-state index in [1.54, 1.807) is 0 Å². The number of aliphatic hydroxyl groups is 4. The van der Waals surface area contributed by atoms with Crippen molar-refractivity contribution in [1.29, 1.82) is 0 Å². The van der Waals surface area contributed by atoms with E-state index < -0.39 is 37.3 Å². The van der Waals surface area contributed by atoms with Crippen molar-refractivity contribution in [2.45, 2.75) is 55.9 Å². The van der Waals surface area contributed by atoms with Crippen molar-refractivity contribution in [3.05, 3.63) is 95.6 Å². The van der Waals surface area contributed by atoms with Crippen LogP contribution in [0.4, 0.5) is 0 Å². The second-order valence-electron chi connectivity index (χ2n) is 12.1. The number of nitrogens with zero attached hydrogens (tertiary/aromatic N) is 1. The van der Waals surface area contributed by atoms with E-state index >= 15 is 0 Å². The van der Waals surface area contributed by atoms with Crippen molar-refractivity contribution < 1.29 is 34.6 Å². The molecule has 0 saturated carbocycles. The summed E-state index contributed by atoms with van der Waals surface area (Å²) >= 11 is 0. The summed E-state index contributed by atoms with van der Waals surface area (Å²) in [5.74, 6) is 1.22. The van der Waals surface area contributed by atoms with Gasteiger partial charge in [-0.15, -0.1) is 0 Å². The normalized spacial score (nSPS) is 26.7. The lowest BCUT2D eigenvalue weighted by atomic mass is 9.86. The van der Waals surface area contributed by atoms with Gasteiger partial charge in [0.05, 0.1) is 6.61 Å². The molecule has 4 aromatic carbocycles. The van der Waals surface area contributed by atoms with E-state index in [2.05, 4.69) is 47.4 Å². The molecular formula is C36H39NO7. The maximum Gasteiger partial charge on any atom is 0.229 e. The van der Waals surface area contributed by atoms with E-state index in [4.69, 9.17) is 14.2 Å². The Morgan fingerprint density at radius 1 is 0.773 bits per heavy atom. The molecule has 0 bridgehead atoms. The van der Waals surface area contributed by atoms with Gasteiger partial charge in [0.2, 0.25) is 6.29 Å². The molecule has 8 nitrogen and oxygen atoms in total. The van der Waals surface area contributed by atoms with Crippen molar-refractivity contribution in [1.82, 2.24) is 4.90 Å². The van der Waals surface area contributed by atoms with E-state index in [0.29, 0.717) is 12.4 Å². The lowest BCUT2D eigenvalue weighted by Crippen LogP contribution is -2.60. The second kappa shape index (κ2) is 12.5. The first-order valence-electron chi connectivity index (χ1n) is 15.6. The molecule has 2 heterocycles. The molecule has 0 spiro atoms. The second-order valence-corrected chi connectivity index (χ2v) is 12.1. The standard InChI is InChI=1S/C36H39NO7/c38-21-30-33(39)34(40)35(41)36(44-30)43-25-13-15-27-28-14-10-22-6-2-3-7-26(22)32(28)31(29(27)20-25)23-8-11-24(12-9-23)42-19-18-37-16-4-1-5-17-37/h2-3,6-15,20,30-31,33-36,38-41H,1,4-5,16-19,21H2/t30-,31?,33-,34+,35-,36-/m1/s1. The number of piperidine rings is 1. The SMILES string of the molecule is OC[C@H]1O[C@@H](Oc2ccc3c(c2)C(c2ccc(OCCN4CCCCC4)cc2)c2c-3ccc3ccccc23)[C@H](O)[C@@H](O)[C@@H]1O. The minimum absolute atomic E-state index is 0.0770. The summed E-state index contributed by atoms with van der Waals surface area (Å²) in [5.41, 5.74) is 5.65. The molecule has 0 aromatic heterocycles. The number of rotatable bonds is 8. The number of fused-ring (bicyclic) bond motifs is 5. The first-order chi connectivity index (χ1) is 21.5. The van der Waals surface area contributed by atoms with Crippen LogP contribution in [0.5, 0.6) is 11.5 Å². The summed E-state index contributed by atoms with van der Waals surface area (Å²) in [6, 6.07) is 26.9. The molecule has 0 radical (unpaired) electrons. The number of benzene rings is 4. The van der Waals surface area contributed by atoms with Gasteiger partial charge < -0.3 is 34.6 Å². The molecule has 8 heteroatoms. The van der Waals surface area contributed by atoms with Gasteiger partial charge in [0, 0.05) is 12.5 Å². The van der Waals surface area contributed by atoms with Gasteiger partial charge in [-0.3, -0.25) is 4.90 Å². The summed E-state index contributed by atoms with van der Waals surface area (Å²) in [6.07, 6.45) is -2.89. The van der Waals surface area contributed by atoms with Gasteiger partial charge in [-0.2, -0.15) is 0 Å². The summed E-state index contributed by atoms with van der Waals surface area (Å²) in [5, 5.41) is 43.0. The smallest absolute Gasteiger partial charge is 0.229 e. The average molecular weight is 598 g/mol. The van der Waals surface area contributed by atoms with Crippen LogP contribution in [0.2, 0.25) is 0 Å². The molecule has 1 unspecified atom stereocenters. The molecule has 44 heavy (non-hydrogen) atoms. The summed E-state index contributed by atoms with van der Waals surface area (Å²) < 4.78 is 17.8. The third-order valence-electron chi connectivity index (χ3n) is 9.32. The highest BCUT2D eigenvalue weighted by Crippen LogP contribution is 2.51. The molecule has 1 aliphatic carbocycles. The molecule has 4 aromatic rings. The van der Waals surface area contributed by atoms with Crippen LogP contribution in [-0.4, -0.2) is 88.9 Å². The van der Waals surface area contributed by atoms with Crippen LogP contribution in [0.15, 0.2) is 78.9 Å². The zero-order chi connectivity index (χ0) is 30.2. The van der Waals surface area contributed by atoms with Gasteiger partial charge in [0.1, 0.15) is 42.5 Å². The summed E-state index contributed by atoms with van der Waals surface area (Å²) in [4.78, 5) is 2.47. The largest absolute Gasteiger partial charge is 0.492 e.